The molecule has 0 saturated heterocycles. The van der Waals surface area contributed by atoms with E-state index in [1.165, 1.54) is 27.3 Å². The highest BCUT2D eigenvalue weighted by atomic mass is 19.1. The van der Waals surface area contributed by atoms with Crippen LogP contribution in [0.25, 0.3) is 11.2 Å². The molecule has 0 radical (unpaired) electrons. The maximum absolute atomic E-state index is 13.5. The van der Waals surface area contributed by atoms with Crippen LogP contribution >= 0.6 is 0 Å². The van der Waals surface area contributed by atoms with Crippen LogP contribution in [-0.2, 0) is 29.7 Å². The van der Waals surface area contributed by atoms with E-state index in [2.05, 4.69) is 9.97 Å². The Kier molecular flexibility index (Phi) is 6.10. The number of hydrogen-bond donors (Lipinski definition) is 1. The Hall–Kier alpha value is -3.43. The van der Waals surface area contributed by atoms with E-state index in [4.69, 9.17) is 9.47 Å². The zero-order valence-electron chi connectivity index (χ0n) is 16.1. The summed E-state index contributed by atoms with van der Waals surface area (Å²) in [5.74, 6) is -1.07. The minimum atomic E-state index is -0.724. The number of aromatic nitrogens is 4. The summed E-state index contributed by atoms with van der Waals surface area (Å²) in [7, 11) is 1.60. The van der Waals surface area contributed by atoms with Crippen LogP contribution < -0.4 is 16.0 Å². The number of rotatable bonds is 8. The summed E-state index contributed by atoms with van der Waals surface area (Å²) in [6, 6.07) is 5.71. The third-order valence-electron chi connectivity index (χ3n) is 4.39. The van der Waals surface area contributed by atoms with Gasteiger partial charge in [-0.3, -0.25) is 14.3 Å². The molecule has 10 heteroatoms. The monoisotopic (exact) mass is 404 g/mol. The van der Waals surface area contributed by atoms with Crippen molar-refractivity contribution in [1.29, 1.82) is 0 Å². The Bertz CT molecular complexity index is 1150. The van der Waals surface area contributed by atoms with Gasteiger partial charge in [-0.1, -0.05) is 25.5 Å². The van der Waals surface area contributed by atoms with Crippen LogP contribution in [0.1, 0.15) is 25.6 Å². The standard InChI is InChI=1S/C19H21FN4O5/c1-3-4-9-24-17-16(18(26)22-19(24)27)23(2)14(21-17)10-29-15(25)11-28-13-8-6-5-7-12(13)20/h5-8H,3-4,9-11H2,1-2H3,(H,22,26,27). The first-order chi connectivity index (χ1) is 13.9. The van der Waals surface area contributed by atoms with Gasteiger partial charge in [-0.25, -0.2) is 19.0 Å². The van der Waals surface area contributed by atoms with Crippen LogP contribution in [-0.4, -0.2) is 31.7 Å². The summed E-state index contributed by atoms with van der Waals surface area (Å²) in [4.78, 5) is 42.8. The molecule has 0 amide bonds. The van der Waals surface area contributed by atoms with E-state index < -0.39 is 29.6 Å². The zero-order chi connectivity index (χ0) is 21.0. The predicted octanol–water partition coefficient (Wildman–Crippen LogP) is 1.48. The lowest BCUT2D eigenvalue weighted by Crippen LogP contribution is -2.31. The second kappa shape index (κ2) is 8.72. The van der Waals surface area contributed by atoms with Gasteiger partial charge in [0.1, 0.15) is 12.4 Å². The maximum Gasteiger partial charge on any atom is 0.344 e. The second-order valence-corrected chi connectivity index (χ2v) is 6.40. The Morgan fingerprint density at radius 2 is 2.03 bits per heavy atom. The zero-order valence-corrected chi connectivity index (χ0v) is 16.1. The number of aromatic amines is 1. The van der Waals surface area contributed by atoms with Gasteiger partial charge in [0.15, 0.2) is 29.3 Å². The van der Waals surface area contributed by atoms with Crippen LogP contribution in [0.5, 0.6) is 5.75 Å². The molecule has 0 spiro atoms. The van der Waals surface area contributed by atoms with Crippen molar-refractivity contribution in [2.75, 3.05) is 6.61 Å². The first kappa shape index (κ1) is 20.3. The summed E-state index contributed by atoms with van der Waals surface area (Å²) in [5, 5.41) is 0. The molecule has 0 aliphatic heterocycles. The summed E-state index contributed by atoms with van der Waals surface area (Å²) in [5.41, 5.74) is -0.637. The third kappa shape index (κ3) is 4.36. The van der Waals surface area contributed by atoms with E-state index in [0.717, 1.165) is 12.8 Å². The van der Waals surface area contributed by atoms with E-state index >= 15 is 0 Å². The van der Waals surface area contributed by atoms with Crippen LogP contribution in [0.15, 0.2) is 33.9 Å². The number of H-pyrrole nitrogens is 1. The number of hydrogen-bond acceptors (Lipinski definition) is 6. The smallest absolute Gasteiger partial charge is 0.344 e. The molecule has 2 aromatic heterocycles. The van der Waals surface area contributed by atoms with Crippen molar-refractivity contribution in [2.24, 2.45) is 7.05 Å². The Morgan fingerprint density at radius 1 is 1.28 bits per heavy atom. The van der Waals surface area contributed by atoms with Gasteiger partial charge in [-0.2, -0.15) is 0 Å². The fraction of sp³-hybridized carbons (Fsp3) is 0.368. The highest BCUT2D eigenvalue weighted by molar-refractivity contribution is 5.72. The summed E-state index contributed by atoms with van der Waals surface area (Å²) < 4.78 is 26.6. The van der Waals surface area contributed by atoms with Gasteiger partial charge < -0.3 is 14.0 Å². The first-order valence-corrected chi connectivity index (χ1v) is 9.13. The maximum atomic E-state index is 13.5. The molecule has 0 fully saturated rings. The van der Waals surface area contributed by atoms with Crippen molar-refractivity contribution in [2.45, 2.75) is 32.9 Å². The molecule has 1 N–H and O–H groups in total. The molecule has 9 nitrogen and oxygen atoms in total. The minimum Gasteiger partial charge on any atom is -0.479 e. The van der Waals surface area contributed by atoms with Crippen LogP contribution in [0.3, 0.4) is 0 Å². The number of ether oxygens (including phenoxy) is 2. The quantitative estimate of drug-likeness (QED) is 0.570. The first-order valence-electron chi connectivity index (χ1n) is 9.13. The van der Waals surface area contributed by atoms with Crippen molar-refractivity contribution in [3.05, 3.63) is 56.7 Å². The topological polar surface area (TPSA) is 108 Å². The molecule has 0 atom stereocenters. The lowest BCUT2D eigenvalue weighted by Gasteiger charge is -2.07. The van der Waals surface area contributed by atoms with Gasteiger partial charge >= 0.3 is 11.7 Å². The highest BCUT2D eigenvalue weighted by Crippen LogP contribution is 2.15. The predicted molar refractivity (Wildman–Crippen MR) is 102 cm³/mol. The van der Waals surface area contributed by atoms with Crippen molar-refractivity contribution in [3.8, 4) is 5.75 Å². The van der Waals surface area contributed by atoms with Crippen molar-refractivity contribution >= 4 is 17.1 Å². The van der Waals surface area contributed by atoms with Gasteiger partial charge in [0.2, 0.25) is 0 Å². The number of esters is 1. The molecule has 0 saturated carbocycles. The average Bonchev–Trinajstić information content (AvgIpc) is 3.02. The number of unbranched alkanes of at least 4 members (excludes halogenated alkanes) is 1. The fourth-order valence-corrected chi connectivity index (χ4v) is 2.83. The molecule has 3 aromatic rings. The number of imidazole rings is 1. The van der Waals surface area contributed by atoms with Crippen LogP contribution in [0.4, 0.5) is 4.39 Å². The lowest BCUT2D eigenvalue weighted by molar-refractivity contribution is -0.147. The number of fused-ring (bicyclic) bond motifs is 1. The van der Waals surface area contributed by atoms with Gasteiger partial charge in [0.05, 0.1) is 0 Å². The SMILES string of the molecule is CCCCn1c(=O)[nH]c(=O)c2c1nc(COC(=O)COc1ccccc1F)n2C. The van der Waals surface area contributed by atoms with Crippen LogP contribution in [0.2, 0.25) is 0 Å². The lowest BCUT2D eigenvalue weighted by atomic mass is 10.3. The number of nitrogens with one attached hydrogen (secondary N) is 1. The summed E-state index contributed by atoms with van der Waals surface area (Å²) in [6.07, 6.45) is 1.61. The van der Waals surface area contributed by atoms with Crippen molar-refractivity contribution in [3.63, 3.8) is 0 Å². The molecular formula is C19H21FN4O5. The molecule has 3 rings (SSSR count). The van der Waals surface area contributed by atoms with Crippen molar-refractivity contribution < 1.29 is 18.7 Å². The number of carbonyl (C=O) groups is 1. The van der Waals surface area contributed by atoms with Gasteiger partial charge in [-0.15, -0.1) is 0 Å². The van der Waals surface area contributed by atoms with E-state index in [-0.39, 0.29) is 23.5 Å². The summed E-state index contributed by atoms with van der Waals surface area (Å²) in [6.45, 7) is 1.69. The van der Waals surface area contributed by atoms with Gasteiger partial charge in [0, 0.05) is 13.6 Å². The number of para-hydroxylation sites is 1. The Balaban J connectivity index is 1.75. The van der Waals surface area contributed by atoms with E-state index in [0.29, 0.717) is 12.4 Å². The van der Waals surface area contributed by atoms with Gasteiger partial charge in [-0.05, 0) is 18.6 Å². The van der Waals surface area contributed by atoms with E-state index in [9.17, 15) is 18.8 Å². The minimum absolute atomic E-state index is 0.0568. The van der Waals surface area contributed by atoms with E-state index in [1.54, 1.807) is 13.1 Å². The number of halogens is 1. The molecule has 154 valence electrons. The second-order valence-electron chi connectivity index (χ2n) is 6.40. The fourth-order valence-electron chi connectivity index (χ4n) is 2.83. The molecule has 2 heterocycles. The Labute approximate surface area is 164 Å². The number of benzene rings is 1. The largest absolute Gasteiger partial charge is 0.479 e. The molecule has 0 unspecified atom stereocenters. The van der Waals surface area contributed by atoms with E-state index in [1.807, 2.05) is 6.92 Å². The average molecular weight is 404 g/mol. The number of aryl methyl sites for hydroxylation is 2. The number of carbonyl (C=O) groups excluding carboxylic acids is 1. The molecular weight excluding hydrogens is 383 g/mol. The molecule has 29 heavy (non-hydrogen) atoms. The third-order valence-corrected chi connectivity index (χ3v) is 4.39. The van der Waals surface area contributed by atoms with Gasteiger partial charge in [0.25, 0.3) is 5.56 Å². The highest BCUT2D eigenvalue weighted by Gasteiger charge is 2.17. The molecule has 0 aliphatic rings. The summed E-state index contributed by atoms with van der Waals surface area (Å²) >= 11 is 0. The van der Waals surface area contributed by atoms with Crippen LogP contribution in [0, 0.1) is 5.82 Å². The molecule has 0 aliphatic carbocycles. The molecule has 1 aromatic carbocycles. The normalized spacial score (nSPS) is 11.0. The molecule has 0 bridgehead atoms. The van der Waals surface area contributed by atoms with Crippen molar-refractivity contribution in [1.82, 2.24) is 19.1 Å². The Morgan fingerprint density at radius 3 is 2.76 bits per heavy atom. The number of nitrogens with zero attached hydrogens (tertiary/aromatic N) is 3.